The molecular weight excluding hydrogens is 472 g/mol. The number of unbranched alkanes of at least 4 members (excludes halogenated alkanes) is 1. The van der Waals surface area contributed by atoms with Gasteiger partial charge in [0.2, 0.25) is 0 Å². The van der Waals surface area contributed by atoms with E-state index in [2.05, 4.69) is 65.1 Å². The number of aliphatic imine (C=N–C) groups is 1. The number of imidazole rings is 1. The van der Waals surface area contributed by atoms with E-state index < -0.39 is 0 Å². The smallest absolute Gasteiger partial charge is 0.177 e. The first-order valence-electron chi connectivity index (χ1n) is 13.6. The summed E-state index contributed by atoms with van der Waals surface area (Å²) in [5, 5.41) is 4.83. The first-order valence-corrected chi connectivity index (χ1v) is 13.6. The summed E-state index contributed by atoms with van der Waals surface area (Å²) in [6, 6.07) is 14.8. The van der Waals surface area contributed by atoms with Crippen molar-refractivity contribution in [2.24, 2.45) is 4.99 Å². The van der Waals surface area contributed by atoms with Gasteiger partial charge in [0.1, 0.15) is 0 Å². The van der Waals surface area contributed by atoms with Gasteiger partial charge in [0.05, 0.1) is 43.0 Å². The molecule has 0 N–H and O–H groups in total. The highest BCUT2D eigenvalue weighted by Gasteiger charge is 2.18. The number of anilines is 1. The Bertz CT molecular complexity index is 1390. The molecule has 38 heavy (non-hydrogen) atoms. The molecule has 1 aromatic carbocycles. The topological polar surface area (TPSA) is 67.9 Å². The van der Waals surface area contributed by atoms with Crippen molar-refractivity contribution >= 4 is 23.6 Å². The van der Waals surface area contributed by atoms with Gasteiger partial charge in [0.25, 0.3) is 0 Å². The maximum Gasteiger partial charge on any atom is 0.177 e. The number of pyridine rings is 1. The fourth-order valence-corrected chi connectivity index (χ4v) is 4.78. The average Bonchev–Trinajstić information content (AvgIpc) is 3.41. The Kier molecular flexibility index (Phi) is 8.56. The second-order valence-electron chi connectivity index (χ2n) is 9.79. The van der Waals surface area contributed by atoms with E-state index in [0.717, 1.165) is 46.9 Å². The van der Waals surface area contributed by atoms with Crippen LogP contribution in [-0.4, -0.2) is 58.6 Å². The van der Waals surface area contributed by atoms with Crippen LogP contribution in [0.15, 0.2) is 72.1 Å². The number of aromatic nitrogens is 4. The summed E-state index contributed by atoms with van der Waals surface area (Å²) in [6.07, 6.45) is 15.3. The quantitative estimate of drug-likeness (QED) is 0.244. The van der Waals surface area contributed by atoms with Gasteiger partial charge >= 0.3 is 0 Å². The van der Waals surface area contributed by atoms with E-state index >= 15 is 0 Å². The summed E-state index contributed by atoms with van der Waals surface area (Å²) in [4.78, 5) is 16.0. The van der Waals surface area contributed by atoms with Crippen LogP contribution in [0.3, 0.4) is 0 Å². The third kappa shape index (κ3) is 6.34. The molecule has 4 heterocycles. The number of hydrogen-bond acceptors (Lipinski definition) is 6. The van der Waals surface area contributed by atoms with E-state index in [9.17, 15) is 0 Å². The lowest BCUT2D eigenvalue weighted by molar-refractivity contribution is 0.123. The molecule has 1 aliphatic heterocycles. The molecule has 196 valence electrons. The molecule has 1 aliphatic rings. The number of benzene rings is 1. The zero-order chi connectivity index (χ0) is 26.2. The zero-order valence-corrected chi connectivity index (χ0v) is 22.3. The van der Waals surface area contributed by atoms with Crippen LogP contribution >= 0.6 is 0 Å². The predicted octanol–water partition coefficient (Wildman–Crippen LogP) is 6.05. The van der Waals surface area contributed by atoms with Crippen LogP contribution in [0.4, 0.5) is 5.69 Å². The summed E-state index contributed by atoms with van der Waals surface area (Å²) in [6.45, 7) is 8.24. The molecule has 0 radical (unpaired) electrons. The second kappa shape index (κ2) is 12.6. The number of ether oxygens (including phenoxy) is 1. The van der Waals surface area contributed by atoms with Crippen molar-refractivity contribution in [1.29, 1.82) is 0 Å². The molecule has 0 amide bonds. The Morgan fingerprint density at radius 1 is 1.11 bits per heavy atom. The predicted molar refractivity (Wildman–Crippen MR) is 155 cm³/mol. The van der Waals surface area contributed by atoms with Crippen LogP contribution in [0.1, 0.15) is 55.8 Å². The molecule has 5 rings (SSSR count). The van der Waals surface area contributed by atoms with E-state index in [-0.39, 0.29) is 0 Å². The van der Waals surface area contributed by atoms with Crippen molar-refractivity contribution in [2.75, 3.05) is 37.7 Å². The molecule has 0 aliphatic carbocycles. The molecule has 0 saturated carbocycles. The van der Waals surface area contributed by atoms with Crippen molar-refractivity contribution < 1.29 is 4.74 Å². The lowest BCUT2D eigenvalue weighted by Gasteiger charge is -2.29. The number of fused-ring (bicyclic) bond motifs is 1. The normalized spacial score (nSPS) is 15.2. The summed E-state index contributed by atoms with van der Waals surface area (Å²) in [5.41, 5.74) is 7.23. The van der Waals surface area contributed by atoms with Crippen molar-refractivity contribution in [3.8, 4) is 11.3 Å². The van der Waals surface area contributed by atoms with E-state index in [1.807, 2.05) is 35.1 Å². The van der Waals surface area contributed by atoms with Crippen LogP contribution in [0.2, 0.25) is 0 Å². The highest BCUT2D eigenvalue weighted by atomic mass is 16.5. The molecule has 1 saturated heterocycles. The molecule has 1 atom stereocenters. The second-order valence-corrected chi connectivity index (χ2v) is 9.79. The fourth-order valence-electron chi connectivity index (χ4n) is 4.78. The Labute approximate surface area is 224 Å². The summed E-state index contributed by atoms with van der Waals surface area (Å²) < 4.78 is 7.47. The largest absolute Gasteiger partial charge is 0.378 e. The van der Waals surface area contributed by atoms with Gasteiger partial charge in [-0.1, -0.05) is 51.0 Å². The lowest BCUT2D eigenvalue weighted by atomic mass is 9.94. The SMILES string of the molecule is CCCCC(C)c1cccc(/C=N/C/C=C/c2cc(N3CCOCC3)c3nc(-c4ccncc4)cn3n2)c1. The number of hydrogen-bond donors (Lipinski definition) is 0. The Hall–Kier alpha value is -3.84. The van der Waals surface area contributed by atoms with Gasteiger partial charge in [-0.3, -0.25) is 9.98 Å². The van der Waals surface area contributed by atoms with Gasteiger partial charge in [0.15, 0.2) is 5.65 Å². The van der Waals surface area contributed by atoms with Gasteiger partial charge in [-0.15, -0.1) is 0 Å². The first-order chi connectivity index (χ1) is 18.7. The maximum absolute atomic E-state index is 5.58. The van der Waals surface area contributed by atoms with E-state index in [4.69, 9.17) is 14.8 Å². The third-order valence-electron chi connectivity index (χ3n) is 6.96. The molecule has 0 spiro atoms. The molecule has 4 aromatic rings. The van der Waals surface area contributed by atoms with Crippen molar-refractivity contribution in [1.82, 2.24) is 19.6 Å². The van der Waals surface area contributed by atoms with Gasteiger partial charge in [-0.05, 0) is 53.8 Å². The summed E-state index contributed by atoms with van der Waals surface area (Å²) in [7, 11) is 0. The van der Waals surface area contributed by atoms with Crippen molar-refractivity contribution in [3.63, 3.8) is 0 Å². The van der Waals surface area contributed by atoms with Crippen molar-refractivity contribution in [3.05, 3.63) is 84.0 Å². The highest BCUT2D eigenvalue weighted by molar-refractivity contribution is 5.80. The fraction of sp³-hybridized carbons (Fsp3) is 0.355. The minimum absolute atomic E-state index is 0.576. The first kappa shape index (κ1) is 25.8. The number of nitrogens with zero attached hydrogens (tertiary/aromatic N) is 6. The van der Waals surface area contributed by atoms with Crippen LogP contribution in [-0.2, 0) is 4.74 Å². The van der Waals surface area contributed by atoms with Gasteiger partial charge < -0.3 is 9.64 Å². The molecular formula is C31H36N6O. The van der Waals surface area contributed by atoms with E-state index in [0.29, 0.717) is 25.7 Å². The highest BCUT2D eigenvalue weighted by Crippen LogP contribution is 2.27. The van der Waals surface area contributed by atoms with Crippen LogP contribution in [0, 0.1) is 0 Å². The Balaban J connectivity index is 1.33. The molecule has 1 fully saturated rings. The molecule has 3 aromatic heterocycles. The van der Waals surface area contributed by atoms with Crippen molar-refractivity contribution in [2.45, 2.75) is 39.0 Å². The Morgan fingerprint density at radius 2 is 1.95 bits per heavy atom. The molecule has 7 heteroatoms. The summed E-state index contributed by atoms with van der Waals surface area (Å²) >= 11 is 0. The van der Waals surface area contributed by atoms with Gasteiger partial charge in [-0.2, -0.15) is 5.10 Å². The minimum atomic E-state index is 0.576. The monoisotopic (exact) mass is 508 g/mol. The number of morpholine rings is 1. The molecule has 7 nitrogen and oxygen atoms in total. The van der Waals surface area contributed by atoms with E-state index in [1.54, 1.807) is 12.4 Å². The van der Waals surface area contributed by atoms with E-state index in [1.165, 1.54) is 24.8 Å². The average molecular weight is 509 g/mol. The van der Waals surface area contributed by atoms with Gasteiger partial charge in [0, 0.05) is 37.3 Å². The maximum atomic E-state index is 5.58. The molecule has 0 bridgehead atoms. The number of rotatable bonds is 10. The standard InChI is InChI=1S/C31H36N6O/c1-3-4-7-24(2)27-9-5-8-25(20-27)22-33-13-6-10-28-21-30(36-16-18-38-19-17-36)31-34-29(23-37(31)35-28)26-11-14-32-15-12-26/h5-6,8-12,14-15,20-24H,3-4,7,13,16-19H2,1-2H3/b10-6+,33-22+. The molecule has 1 unspecified atom stereocenters. The lowest BCUT2D eigenvalue weighted by Crippen LogP contribution is -2.36. The van der Waals surface area contributed by atoms with Gasteiger partial charge in [-0.25, -0.2) is 9.50 Å². The third-order valence-corrected chi connectivity index (χ3v) is 6.96. The Morgan fingerprint density at radius 3 is 2.76 bits per heavy atom. The zero-order valence-electron chi connectivity index (χ0n) is 22.3. The van der Waals surface area contributed by atoms with Crippen LogP contribution in [0.25, 0.3) is 23.0 Å². The summed E-state index contributed by atoms with van der Waals surface area (Å²) in [5.74, 6) is 0.576. The van der Waals surface area contributed by atoms with Crippen LogP contribution < -0.4 is 4.90 Å². The minimum Gasteiger partial charge on any atom is -0.378 e. The van der Waals surface area contributed by atoms with Crippen LogP contribution in [0.5, 0.6) is 0 Å².